The summed E-state index contributed by atoms with van der Waals surface area (Å²) in [5, 5.41) is 5.18. The third-order valence-corrected chi connectivity index (χ3v) is 2.81. The van der Waals surface area contributed by atoms with Crippen molar-refractivity contribution in [1.29, 1.82) is 0 Å². The first-order valence-electron chi connectivity index (χ1n) is 4.43. The fourth-order valence-electron chi connectivity index (χ4n) is 1.07. The van der Waals surface area contributed by atoms with Gasteiger partial charge in [0, 0.05) is 30.7 Å². The maximum atomic E-state index is 4.19. The molecule has 0 bridgehead atoms. The Labute approximate surface area is 99.9 Å². The Morgan fingerprint density at radius 1 is 1.27 bits per heavy atom. The summed E-state index contributed by atoms with van der Waals surface area (Å²) in [6.45, 7) is 0.797. The average Bonchev–Trinajstić information content (AvgIpc) is 2.74. The second kappa shape index (κ2) is 5.18. The summed E-state index contributed by atoms with van der Waals surface area (Å²) in [6.07, 6.45) is 4.33. The van der Waals surface area contributed by atoms with Crippen LogP contribution >= 0.6 is 27.3 Å². The lowest BCUT2D eigenvalue weighted by Gasteiger charge is -2.02. The van der Waals surface area contributed by atoms with Crippen molar-refractivity contribution in [2.75, 3.05) is 11.9 Å². The smallest absolute Gasteiger partial charge is 0.222 e. The zero-order valence-electron chi connectivity index (χ0n) is 7.85. The first kappa shape index (κ1) is 10.5. The van der Waals surface area contributed by atoms with Crippen LogP contribution in [-0.4, -0.2) is 21.5 Å². The molecule has 2 rings (SSSR count). The second-order valence-electron chi connectivity index (χ2n) is 2.88. The monoisotopic (exact) mass is 284 g/mol. The molecule has 0 radical (unpaired) electrons. The van der Waals surface area contributed by atoms with Crippen LogP contribution in [0, 0.1) is 0 Å². The van der Waals surface area contributed by atoms with E-state index in [2.05, 4.69) is 36.2 Å². The molecule has 0 aromatic carbocycles. The van der Waals surface area contributed by atoms with Gasteiger partial charge in [-0.3, -0.25) is 0 Å². The van der Waals surface area contributed by atoms with E-state index in [9.17, 15) is 0 Å². The summed E-state index contributed by atoms with van der Waals surface area (Å²) in [5.74, 6) is 0.647. The Morgan fingerprint density at radius 3 is 2.73 bits per heavy atom. The predicted octanol–water partition coefficient (Wildman–Crippen LogP) is 2.35. The number of nitrogens with zero attached hydrogens (tertiary/aromatic N) is 3. The third kappa shape index (κ3) is 3.24. The van der Waals surface area contributed by atoms with Gasteiger partial charge in [0.15, 0.2) is 0 Å². The lowest BCUT2D eigenvalue weighted by atomic mass is 10.3. The van der Waals surface area contributed by atoms with Gasteiger partial charge < -0.3 is 5.32 Å². The van der Waals surface area contributed by atoms with Gasteiger partial charge in [-0.15, -0.1) is 11.3 Å². The van der Waals surface area contributed by atoms with Gasteiger partial charge in [0.25, 0.3) is 0 Å². The number of thiazole rings is 1. The number of halogens is 1. The topological polar surface area (TPSA) is 50.7 Å². The Hall–Kier alpha value is -1.01. The molecule has 15 heavy (non-hydrogen) atoms. The van der Waals surface area contributed by atoms with Crippen LogP contribution in [-0.2, 0) is 6.42 Å². The summed E-state index contributed by atoms with van der Waals surface area (Å²) in [7, 11) is 0. The van der Waals surface area contributed by atoms with E-state index in [4.69, 9.17) is 0 Å². The highest BCUT2D eigenvalue weighted by molar-refractivity contribution is 9.10. The lowest BCUT2D eigenvalue weighted by molar-refractivity contribution is 0.952. The molecule has 4 nitrogen and oxygen atoms in total. The van der Waals surface area contributed by atoms with E-state index in [0.29, 0.717) is 5.95 Å². The highest BCUT2D eigenvalue weighted by Gasteiger charge is 1.97. The number of aromatic nitrogens is 3. The summed E-state index contributed by atoms with van der Waals surface area (Å²) >= 11 is 4.90. The molecule has 0 fully saturated rings. The summed E-state index contributed by atoms with van der Waals surface area (Å²) in [4.78, 5) is 12.4. The molecule has 0 saturated heterocycles. The van der Waals surface area contributed by atoms with Crippen LogP contribution < -0.4 is 5.32 Å². The molecular weight excluding hydrogens is 276 g/mol. The first-order chi connectivity index (χ1) is 7.34. The molecule has 0 aliphatic carbocycles. The van der Waals surface area contributed by atoms with Crippen molar-refractivity contribution in [2.45, 2.75) is 6.42 Å². The minimum atomic E-state index is 0.647. The summed E-state index contributed by atoms with van der Waals surface area (Å²) in [6, 6.07) is 0. The standard InChI is InChI=1S/C9H9BrN4S/c10-7-3-12-9(13-4-7)11-2-1-8-5-15-6-14-8/h3-6H,1-2H2,(H,11,12,13). The van der Waals surface area contributed by atoms with Crippen molar-refractivity contribution in [3.63, 3.8) is 0 Å². The molecule has 0 saturated carbocycles. The molecule has 1 N–H and O–H groups in total. The molecule has 2 aromatic rings. The zero-order chi connectivity index (χ0) is 10.5. The Kier molecular flexibility index (Phi) is 3.63. The maximum Gasteiger partial charge on any atom is 0.222 e. The quantitative estimate of drug-likeness (QED) is 0.937. The first-order valence-corrected chi connectivity index (χ1v) is 6.16. The zero-order valence-corrected chi connectivity index (χ0v) is 10.3. The highest BCUT2D eigenvalue weighted by Crippen LogP contribution is 2.07. The van der Waals surface area contributed by atoms with Crippen LogP contribution in [0.2, 0.25) is 0 Å². The second-order valence-corrected chi connectivity index (χ2v) is 4.52. The van der Waals surface area contributed by atoms with Crippen LogP contribution in [0.25, 0.3) is 0 Å². The molecule has 78 valence electrons. The van der Waals surface area contributed by atoms with Crippen molar-refractivity contribution in [1.82, 2.24) is 15.0 Å². The fraction of sp³-hybridized carbons (Fsp3) is 0.222. The van der Waals surface area contributed by atoms with Gasteiger partial charge in [-0.2, -0.15) is 0 Å². The maximum absolute atomic E-state index is 4.19. The lowest BCUT2D eigenvalue weighted by Crippen LogP contribution is -2.07. The third-order valence-electron chi connectivity index (χ3n) is 1.77. The number of nitrogens with one attached hydrogen (secondary N) is 1. The van der Waals surface area contributed by atoms with Crippen molar-refractivity contribution in [3.05, 3.63) is 33.5 Å². The fourth-order valence-corrected chi connectivity index (χ4v) is 1.86. The van der Waals surface area contributed by atoms with Crippen LogP contribution in [0.15, 0.2) is 27.8 Å². The van der Waals surface area contributed by atoms with E-state index < -0.39 is 0 Å². The molecule has 2 heterocycles. The molecule has 0 atom stereocenters. The van der Waals surface area contributed by atoms with E-state index in [1.54, 1.807) is 23.7 Å². The number of anilines is 1. The molecule has 0 aliphatic rings. The van der Waals surface area contributed by atoms with Crippen molar-refractivity contribution >= 4 is 33.2 Å². The Bertz CT molecular complexity index is 401. The summed E-state index contributed by atoms with van der Waals surface area (Å²) in [5.41, 5.74) is 2.94. The van der Waals surface area contributed by atoms with E-state index in [1.165, 1.54) is 0 Å². The molecule has 2 aromatic heterocycles. The molecule has 0 spiro atoms. The van der Waals surface area contributed by atoms with Crippen molar-refractivity contribution < 1.29 is 0 Å². The minimum Gasteiger partial charge on any atom is -0.354 e. The van der Waals surface area contributed by atoms with Crippen LogP contribution in [0.5, 0.6) is 0 Å². The van der Waals surface area contributed by atoms with Crippen LogP contribution in [0.4, 0.5) is 5.95 Å². The number of hydrogen-bond acceptors (Lipinski definition) is 5. The van der Waals surface area contributed by atoms with E-state index >= 15 is 0 Å². The Morgan fingerprint density at radius 2 is 2.07 bits per heavy atom. The Balaban J connectivity index is 1.81. The van der Waals surface area contributed by atoms with Gasteiger partial charge in [0.05, 0.1) is 15.7 Å². The summed E-state index contributed by atoms with van der Waals surface area (Å²) < 4.78 is 0.882. The molecular formula is C9H9BrN4S. The molecule has 0 amide bonds. The van der Waals surface area contributed by atoms with Gasteiger partial charge in [-0.1, -0.05) is 0 Å². The van der Waals surface area contributed by atoms with Crippen molar-refractivity contribution in [2.24, 2.45) is 0 Å². The minimum absolute atomic E-state index is 0.647. The van der Waals surface area contributed by atoms with Gasteiger partial charge in [0.2, 0.25) is 5.95 Å². The predicted molar refractivity (Wildman–Crippen MR) is 64.0 cm³/mol. The molecule has 0 unspecified atom stereocenters. The van der Waals surface area contributed by atoms with E-state index in [1.807, 2.05) is 10.9 Å². The largest absolute Gasteiger partial charge is 0.354 e. The molecule has 0 aliphatic heterocycles. The van der Waals surface area contributed by atoms with Gasteiger partial charge in [-0.05, 0) is 15.9 Å². The SMILES string of the molecule is Brc1cnc(NCCc2cscn2)nc1. The number of hydrogen-bond donors (Lipinski definition) is 1. The molecule has 6 heteroatoms. The highest BCUT2D eigenvalue weighted by atomic mass is 79.9. The van der Waals surface area contributed by atoms with Crippen molar-refractivity contribution in [3.8, 4) is 0 Å². The van der Waals surface area contributed by atoms with Crippen LogP contribution in [0.3, 0.4) is 0 Å². The van der Waals surface area contributed by atoms with Crippen LogP contribution in [0.1, 0.15) is 5.69 Å². The number of rotatable bonds is 4. The van der Waals surface area contributed by atoms with Gasteiger partial charge in [-0.25, -0.2) is 15.0 Å². The van der Waals surface area contributed by atoms with Gasteiger partial charge in [0.1, 0.15) is 0 Å². The van der Waals surface area contributed by atoms with Gasteiger partial charge >= 0.3 is 0 Å². The van der Waals surface area contributed by atoms with E-state index in [0.717, 1.165) is 23.1 Å². The average molecular weight is 285 g/mol. The van der Waals surface area contributed by atoms with E-state index in [-0.39, 0.29) is 0 Å². The normalized spacial score (nSPS) is 10.2.